The maximum Gasteiger partial charge on any atom is 0.282 e. The van der Waals surface area contributed by atoms with Crippen molar-refractivity contribution in [1.82, 2.24) is 0 Å². The van der Waals surface area contributed by atoms with Crippen molar-refractivity contribution in [3.8, 4) is 0 Å². The van der Waals surface area contributed by atoms with Gasteiger partial charge in [-0.15, -0.1) is 23.4 Å². The van der Waals surface area contributed by atoms with Crippen LogP contribution in [0, 0.1) is 16.0 Å². The fourth-order valence-corrected chi connectivity index (χ4v) is 7.87. The molecule has 1 aliphatic heterocycles. The highest BCUT2D eigenvalue weighted by atomic mass is 79.9. The van der Waals surface area contributed by atoms with Crippen LogP contribution in [-0.4, -0.2) is 15.6 Å². The van der Waals surface area contributed by atoms with E-state index in [9.17, 15) is 10.1 Å². The number of rotatable bonds is 4. The molecule has 1 fully saturated rings. The van der Waals surface area contributed by atoms with Gasteiger partial charge in [0.2, 0.25) is 0 Å². The zero-order chi connectivity index (χ0) is 23.3. The molecule has 9 heteroatoms. The number of hydrogen-bond acceptors (Lipinski definition) is 4. The van der Waals surface area contributed by atoms with E-state index in [1.165, 1.54) is 17.8 Å². The molecule has 3 aromatic rings. The Bertz CT molecular complexity index is 1240. The number of hydrogen-bond donors (Lipinski definition) is 1. The number of benzene rings is 3. The van der Waals surface area contributed by atoms with Gasteiger partial charge in [-0.2, -0.15) is 0 Å². The Kier molecular flexibility index (Phi) is 6.57. The average molecular weight is 585 g/mol. The average Bonchev–Trinajstić information content (AvgIpc) is 3.10. The second-order valence-electron chi connectivity index (χ2n) is 8.27. The molecule has 5 unspecified atom stereocenters. The van der Waals surface area contributed by atoms with Crippen LogP contribution in [0.3, 0.4) is 0 Å². The molecule has 5 rings (SSSR count). The van der Waals surface area contributed by atoms with Gasteiger partial charge in [-0.1, -0.05) is 57.3 Å². The number of nitrogens with zero attached hydrogens (tertiary/aromatic N) is 1. The summed E-state index contributed by atoms with van der Waals surface area (Å²) in [6.07, 6.45) is 0.790. The van der Waals surface area contributed by atoms with Gasteiger partial charge in [-0.3, -0.25) is 10.1 Å². The molecule has 33 heavy (non-hydrogen) atoms. The van der Waals surface area contributed by atoms with E-state index in [1.54, 1.807) is 18.2 Å². The van der Waals surface area contributed by atoms with E-state index in [0.29, 0.717) is 14.9 Å². The molecule has 0 aromatic heterocycles. The molecule has 4 nitrogen and oxygen atoms in total. The van der Waals surface area contributed by atoms with E-state index in [1.807, 2.05) is 24.3 Å². The lowest BCUT2D eigenvalue weighted by molar-refractivity contribution is -0.387. The zero-order valence-electron chi connectivity index (χ0n) is 17.1. The lowest BCUT2D eigenvalue weighted by Crippen LogP contribution is -2.31. The number of nitro groups is 1. The van der Waals surface area contributed by atoms with Crippen LogP contribution in [-0.2, 0) is 0 Å². The van der Waals surface area contributed by atoms with Crippen LogP contribution in [0.1, 0.15) is 29.5 Å². The molecular formula is C24H18BrCl3N2O2S. The monoisotopic (exact) mass is 582 g/mol. The minimum atomic E-state index is -0.335. The minimum Gasteiger partial charge on any atom is -0.378 e. The Morgan fingerprint density at radius 3 is 2.61 bits per heavy atom. The lowest BCUT2D eigenvalue weighted by Gasteiger charge is -2.38. The summed E-state index contributed by atoms with van der Waals surface area (Å²) < 4.78 is 0.989. The highest BCUT2D eigenvalue weighted by molar-refractivity contribution is 9.10. The third kappa shape index (κ3) is 4.37. The molecule has 0 amide bonds. The van der Waals surface area contributed by atoms with Crippen molar-refractivity contribution in [2.45, 2.75) is 33.9 Å². The number of para-hydroxylation sites is 1. The summed E-state index contributed by atoms with van der Waals surface area (Å²) in [4.78, 5) is 11.9. The van der Waals surface area contributed by atoms with Gasteiger partial charge in [0.1, 0.15) is 0 Å². The standard InChI is InChI=1S/C24H18BrCl3N2O2S/c25-12-5-8-18-15(9-12)22-16(24(29-18)14-7-6-13(26)10-17(14)27)11-21(23(22)28)33-20-4-2-1-3-19(20)30(31)32/h1-10,16,21-24,29H,11H2. The molecule has 1 aliphatic carbocycles. The van der Waals surface area contributed by atoms with Crippen molar-refractivity contribution in [2.75, 3.05) is 5.32 Å². The highest BCUT2D eigenvalue weighted by Gasteiger charge is 2.50. The maximum absolute atomic E-state index is 11.5. The topological polar surface area (TPSA) is 55.2 Å². The lowest BCUT2D eigenvalue weighted by atomic mass is 9.77. The summed E-state index contributed by atoms with van der Waals surface area (Å²) in [5.41, 5.74) is 3.27. The van der Waals surface area contributed by atoms with Crippen molar-refractivity contribution < 1.29 is 4.92 Å². The van der Waals surface area contributed by atoms with Gasteiger partial charge in [-0.05, 0) is 59.9 Å². The summed E-state index contributed by atoms with van der Waals surface area (Å²) in [5, 5.41) is 16.2. The summed E-state index contributed by atoms with van der Waals surface area (Å²) >= 11 is 25.0. The van der Waals surface area contributed by atoms with E-state index in [4.69, 9.17) is 34.8 Å². The first kappa shape index (κ1) is 23.3. The summed E-state index contributed by atoms with van der Waals surface area (Å²) in [6.45, 7) is 0. The Labute approximate surface area is 219 Å². The van der Waals surface area contributed by atoms with Crippen molar-refractivity contribution in [2.24, 2.45) is 5.92 Å². The summed E-state index contributed by atoms with van der Waals surface area (Å²) in [6, 6.07) is 18.6. The third-order valence-corrected chi connectivity index (χ3v) is 9.58. The Hall–Kier alpha value is -1.44. The first-order valence-electron chi connectivity index (χ1n) is 10.4. The SMILES string of the molecule is O=[N+]([O-])c1ccccc1SC1CC2C(c3ccc(Cl)cc3Cl)Nc3ccc(Br)cc3C2C1Cl. The van der Waals surface area contributed by atoms with Crippen molar-refractivity contribution in [3.05, 3.63) is 96.4 Å². The van der Waals surface area contributed by atoms with E-state index in [2.05, 4.69) is 33.4 Å². The van der Waals surface area contributed by atoms with Crippen molar-refractivity contribution >= 4 is 73.9 Å². The predicted octanol–water partition coefficient (Wildman–Crippen LogP) is 8.70. The van der Waals surface area contributed by atoms with Crippen molar-refractivity contribution in [3.63, 3.8) is 0 Å². The van der Waals surface area contributed by atoms with Crippen LogP contribution in [0.4, 0.5) is 11.4 Å². The molecule has 3 aromatic carbocycles. The molecule has 0 radical (unpaired) electrons. The van der Waals surface area contributed by atoms with Crippen LogP contribution in [0.15, 0.2) is 70.0 Å². The Morgan fingerprint density at radius 1 is 1.06 bits per heavy atom. The first-order chi connectivity index (χ1) is 15.8. The van der Waals surface area contributed by atoms with E-state index in [0.717, 1.165) is 27.7 Å². The highest BCUT2D eigenvalue weighted by Crippen LogP contribution is 2.58. The van der Waals surface area contributed by atoms with Gasteiger partial charge in [0.25, 0.3) is 5.69 Å². The smallest absolute Gasteiger partial charge is 0.282 e. The molecule has 2 aliphatic rings. The minimum absolute atomic E-state index is 0.00285. The van der Waals surface area contributed by atoms with Crippen LogP contribution in [0.2, 0.25) is 10.0 Å². The second-order valence-corrected chi connectivity index (χ2v) is 11.8. The van der Waals surface area contributed by atoms with Gasteiger partial charge >= 0.3 is 0 Å². The molecule has 0 saturated heterocycles. The van der Waals surface area contributed by atoms with Crippen molar-refractivity contribution in [1.29, 1.82) is 0 Å². The molecule has 1 N–H and O–H groups in total. The number of alkyl halides is 1. The van der Waals surface area contributed by atoms with E-state index < -0.39 is 0 Å². The molecule has 0 spiro atoms. The maximum atomic E-state index is 11.5. The summed E-state index contributed by atoms with van der Waals surface area (Å²) in [5.74, 6) is 0.227. The Morgan fingerprint density at radius 2 is 1.85 bits per heavy atom. The van der Waals surface area contributed by atoms with Gasteiger partial charge in [0, 0.05) is 37.4 Å². The normalized spacial score (nSPS) is 25.8. The predicted molar refractivity (Wildman–Crippen MR) is 140 cm³/mol. The fourth-order valence-electron chi connectivity index (χ4n) is 5.02. The van der Waals surface area contributed by atoms with Crippen LogP contribution >= 0.6 is 62.5 Å². The van der Waals surface area contributed by atoms with Gasteiger partial charge in [0.05, 0.1) is 21.2 Å². The molecule has 0 bridgehead atoms. The second kappa shape index (κ2) is 9.31. The molecular weight excluding hydrogens is 567 g/mol. The first-order valence-corrected chi connectivity index (χ1v) is 13.2. The van der Waals surface area contributed by atoms with Crippen LogP contribution in [0.25, 0.3) is 0 Å². The van der Waals surface area contributed by atoms with Gasteiger partial charge in [0.15, 0.2) is 0 Å². The fraction of sp³-hybridized carbons (Fsp3) is 0.250. The zero-order valence-corrected chi connectivity index (χ0v) is 21.7. The quantitative estimate of drug-likeness (QED) is 0.189. The number of nitro benzene ring substituents is 1. The van der Waals surface area contributed by atoms with Crippen LogP contribution < -0.4 is 5.32 Å². The number of fused-ring (bicyclic) bond motifs is 3. The number of halogens is 4. The van der Waals surface area contributed by atoms with Gasteiger partial charge in [-0.25, -0.2) is 0 Å². The van der Waals surface area contributed by atoms with E-state index in [-0.39, 0.29) is 39.1 Å². The molecule has 5 atom stereocenters. The number of nitrogens with one attached hydrogen (secondary N) is 1. The summed E-state index contributed by atoms with van der Waals surface area (Å²) in [7, 11) is 0. The third-order valence-electron chi connectivity index (χ3n) is 6.41. The molecule has 170 valence electrons. The number of thioether (sulfide) groups is 1. The van der Waals surface area contributed by atoms with Gasteiger partial charge < -0.3 is 5.32 Å². The Balaban J connectivity index is 1.55. The van der Waals surface area contributed by atoms with Crippen LogP contribution in [0.5, 0.6) is 0 Å². The largest absolute Gasteiger partial charge is 0.378 e. The van der Waals surface area contributed by atoms with E-state index >= 15 is 0 Å². The molecule has 1 heterocycles. The molecule has 1 saturated carbocycles. The number of anilines is 1.